The van der Waals surface area contributed by atoms with E-state index >= 15 is 0 Å². The average molecular weight is 539 g/mol. The van der Waals surface area contributed by atoms with Crippen molar-refractivity contribution in [3.63, 3.8) is 0 Å². The van der Waals surface area contributed by atoms with Crippen molar-refractivity contribution in [1.82, 2.24) is 4.98 Å². The van der Waals surface area contributed by atoms with Crippen LogP contribution in [0.3, 0.4) is 0 Å². The number of aromatic carboxylic acids is 1. The lowest BCUT2D eigenvalue weighted by molar-refractivity contribution is 0.0689. The third-order valence-electron chi connectivity index (χ3n) is 7.56. The number of carbonyl (C=O) groups is 3. The molecular formula is C32H27ClN2O4. The van der Waals surface area contributed by atoms with Gasteiger partial charge in [-0.15, -0.1) is 0 Å². The number of anilines is 2. The number of hydrogen-bond acceptors (Lipinski definition) is 5. The first-order valence-corrected chi connectivity index (χ1v) is 13.2. The lowest BCUT2D eigenvalue weighted by Crippen LogP contribution is -2.34. The topological polar surface area (TPSA) is 87.6 Å². The Morgan fingerprint density at radius 1 is 0.846 bits per heavy atom. The molecule has 39 heavy (non-hydrogen) atoms. The van der Waals surface area contributed by atoms with Crippen LogP contribution in [0.1, 0.15) is 68.0 Å². The van der Waals surface area contributed by atoms with Crippen LogP contribution in [0, 0.1) is 0 Å². The smallest absolute Gasteiger partial charge is 0.336 e. The van der Waals surface area contributed by atoms with E-state index in [1.165, 1.54) is 18.2 Å². The van der Waals surface area contributed by atoms with Gasteiger partial charge in [-0.1, -0.05) is 60.8 Å². The van der Waals surface area contributed by atoms with Crippen molar-refractivity contribution in [2.75, 3.05) is 11.9 Å². The minimum Gasteiger partial charge on any atom is -0.478 e. The largest absolute Gasteiger partial charge is 0.478 e. The van der Waals surface area contributed by atoms with Crippen LogP contribution >= 0.6 is 11.6 Å². The molecule has 3 aromatic carbocycles. The number of hydrogen-bond donors (Lipinski definition) is 1. The van der Waals surface area contributed by atoms with Crippen molar-refractivity contribution in [2.24, 2.45) is 0 Å². The molecule has 1 aromatic heterocycles. The summed E-state index contributed by atoms with van der Waals surface area (Å²) < 4.78 is 0. The lowest BCUT2D eigenvalue weighted by atomic mass is 9.72. The second-order valence-corrected chi connectivity index (χ2v) is 10.3. The molecule has 1 fully saturated rings. The summed E-state index contributed by atoms with van der Waals surface area (Å²) in [7, 11) is 1.88. The van der Waals surface area contributed by atoms with Crippen LogP contribution in [0.15, 0.2) is 91.1 Å². The molecule has 1 N–H and O–H groups in total. The highest BCUT2D eigenvalue weighted by molar-refractivity contribution is 6.30. The number of nitrogens with zero attached hydrogens (tertiary/aromatic N) is 2. The molecule has 0 amide bonds. The predicted molar refractivity (Wildman–Crippen MR) is 152 cm³/mol. The molecule has 0 saturated heterocycles. The second kappa shape index (κ2) is 10.8. The standard InChI is InChI=1S/C32H27ClN2O4/c1-35(24-12-10-23(33)11-13-24)25-14-16-28(34-20-25)29(36)21-9-15-26(27(19-21)31(38)39)30(37)32(17-5-6-18-32)22-7-3-2-4-8-22/h2-4,7-16,19-20H,5-6,17-18H2,1H3,(H,38,39). The minimum absolute atomic E-state index is 0.123. The maximum atomic E-state index is 13.9. The molecule has 0 radical (unpaired) electrons. The zero-order chi connectivity index (χ0) is 27.6. The highest BCUT2D eigenvalue weighted by Gasteiger charge is 2.44. The number of carboxylic acids is 1. The summed E-state index contributed by atoms with van der Waals surface area (Å²) in [5.41, 5.74) is 2.10. The Bertz CT molecular complexity index is 1530. The fourth-order valence-corrected chi connectivity index (χ4v) is 5.51. The number of rotatable bonds is 8. The molecule has 7 heteroatoms. The number of benzene rings is 3. The number of aromatic nitrogens is 1. The first kappa shape index (κ1) is 26.3. The molecule has 5 rings (SSSR count). The van der Waals surface area contributed by atoms with Crippen LogP contribution in [0.2, 0.25) is 5.02 Å². The van der Waals surface area contributed by atoms with E-state index in [1.54, 1.807) is 30.5 Å². The van der Waals surface area contributed by atoms with Crippen molar-refractivity contribution in [1.29, 1.82) is 0 Å². The van der Waals surface area contributed by atoms with Gasteiger partial charge in [0, 0.05) is 28.9 Å². The zero-order valence-corrected chi connectivity index (χ0v) is 22.2. The van der Waals surface area contributed by atoms with Gasteiger partial charge in [0.05, 0.1) is 22.9 Å². The molecule has 0 bridgehead atoms. The first-order chi connectivity index (χ1) is 18.8. The minimum atomic E-state index is -1.25. The van der Waals surface area contributed by atoms with Crippen LogP contribution < -0.4 is 4.90 Å². The van der Waals surface area contributed by atoms with E-state index < -0.39 is 17.2 Å². The van der Waals surface area contributed by atoms with Crippen LogP contribution in [-0.4, -0.2) is 34.7 Å². The Morgan fingerprint density at radius 2 is 1.51 bits per heavy atom. The van der Waals surface area contributed by atoms with Crippen LogP contribution in [0.5, 0.6) is 0 Å². The van der Waals surface area contributed by atoms with Gasteiger partial charge in [-0.3, -0.25) is 14.6 Å². The fraction of sp³-hybridized carbons (Fsp3) is 0.188. The highest BCUT2D eigenvalue weighted by Crippen LogP contribution is 2.44. The Morgan fingerprint density at radius 3 is 2.13 bits per heavy atom. The third-order valence-corrected chi connectivity index (χ3v) is 7.81. The van der Waals surface area contributed by atoms with Crippen LogP contribution in [0.25, 0.3) is 0 Å². The molecule has 0 aliphatic heterocycles. The maximum Gasteiger partial charge on any atom is 0.336 e. The van der Waals surface area contributed by atoms with Gasteiger partial charge in [0.25, 0.3) is 0 Å². The summed E-state index contributed by atoms with van der Waals surface area (Å²) in [5.74, 6) is -1.88. The Kier molecular flexibility index (Phi) is 7.31. The highest BCUT2D eigenvalue weighted by atomic mass is 35.5. The molecule has 1 saturated carbocycles. The van der Waals surface area contributed by atoms with Gasteiger partial charge < -0.3 is 10.0 Å². The number of carbonyl (C=O) groups excluding carboxylic acids is 2. The van der Waals surface area contributed by atoms with Crippen molar-refractivity contribution < 1.29 is 19.5 Å². The van der Waals surface area contributed by atoms with Gasteiger partial charge in [-0.25, -0.2) is 4.79 Å². The van der Waals surface area contributed by atoms with E-state index in [0.29, 0.717) is 17.9 Å². The van der Waals surface area contributed by atoms with Crippen LogP contribution in [-0.2, 0) is 5.41 Å². The summed E-state index contributed by atoms with van der Waals surface area (Å²) in [6, 6.07) is 24.6. The molecule has 0 unspecified atom stereocenters. The molecule has 4 aromatic rings. The van der Waals surface area contributed by atoms with Crippen molar-refractivity contribution in [3.05, 3.63) is 124 Å². The third kappa shape index (κ3) is 5.08. The van der Waals surface area contributed by atoms with Gasteiger partial charge in [0.15, 0.2) is 5.78 Å². The van der Waals surface area contributed by atoms with E-state index in [-0.39, 0.29) is 28.2 Å². The number of ketones is 2. The van der Waals surface area contributed by atoms with Gasteiger partial charge in [0.1, 0.15) is 5.69 Å². The molecule has 1 aliphatic rings. The van der Waals surface area contributed by atoms with Crippen LogP contribution in [0.4, 0.5) is 11.4 Å². The Hall–Kier alpha value is -4.29. The molecule has 0 atom stereocenters. The second-order valence-electron chi connectivity index (χ2n) is 9.82. The summed E-state index contributed by atoms with van der Waals surface area (Å²) in [4.78, 5) is 45.7. The maximum absolute atomic E-state index is 13.9. The SMILES string of the molecule is CN(c1ccc(Cl)cc1)c1ccc(C(=O)c2ccc(C(=O)C3(c4ccccc4)CCCC3)c(C(=O)O)c2)nc1. The van der Waals surface area contributed by atoms with E-state index in [9.17, 15) is 19.5 Å². The summed E-state index contributed by atoms with van der Waals surface area (Å²) in [6.45, 7) is 0. The average Bonchev–Trinajstić information content (AvgIpc) is 3.48. The number of halogens is 1. The monoisotopic (exact) mass is 538 g/mol. The molecule has 6 nitrogen and oxygen atoms in total. The van der Waals surface area contributed by atoms with Gasteiger partial charge in [-0.05, 0) is 66.9 Å². The molecule has 0 spiro atoms. The summed E-state index contributed by atoms with van der Waals surface area (Å²) >= 11 is 5.98. The summed E-state index contributed by atoms with van der Waals surface area (Å²) in [6.07, 6.45) is 4.71. The normalized spacial score (nSPS) is 14.1. The Balaban J connectivity index is 1.43. The van der Waals surface area contributed by atoms with E-state index in [1.807, 2.05) is 54.4 Å². The predicted octanol–water partition coefficient (Wildman–Crippen LogP) is 7.13. The fourth-order valence-electron chi connectivity index (χ4n) is 5.38. The number of Topliss-reactive ketones (excluding diaryl/α,β-unsaturated/α-hetero) is 1. The van der Waals surface area contributed by atoms with Crippen molar-refractivity contribution >= 4 is 40.5 Å². The molecular weight excluding hydrogens is 512 g/mol. The van der Waals surface area contributed by atoms with E-state index in [0.717, 1.165) is 29.8 Å². The van der Waals surface area contributed by atoms with Gasteiger partial charge in [-0.2, -0.15) is 0 Å². The van der Waals surface area contributed by atoms with Crippen molar-refractivity contribution in [3.8, 4) is 0 Å². The number of pyridine rings is 1. The summed E-state index contributed by atoms with van der Waals surface area (Å²) in [5, 5.41) is 10.7. The van der Waals surface area contributed by atoms with Gasteiger partial charge >= 0.3 is 5.97 Å². The van der Waals surface area contributed by atoms with Crippen molar-refractivity contribution in [2.45, 2.75) is 31.1 Å². The molecule has 1 aliphatic carbocycles. The molecule has 1 heterocycles. The molecule has 196 valence electrons. The first-order valence-electron chi connectivity index (χ1n) is 12.8. The van der Waals surface area contributed by atoms with E-state index in [4.69, 9.17) is 11.6 Å². The zero-order valence-electron chi connectivity index (χ0n) is 21.4. The quantitative estimate of drug-likeness (QED) is 0.240. The number of carboxylic acid groups (broad SMARTS) is 1. The Labute approximate surface area is 231 Å². The van der Waals surface area contributed by atoms with Gasteiger partial charge in [0.2, 0.25) is 5.78 Å². The van der Waals surface area contributed by atoms with E-state index in [2.05, 4.69) is 4.98 Å². The lowest BCUT2D eigenvalue weighted by Gasteiger charge is -2.29.